The summed E-state index contributed by atoms with van der Waals surface area (Å²) in [5.74, 6) is -0.423. The molecule has 126 valence electrons. The molecule has 0 fully saturated rings. The topological polar surface area (TPSA) is 51.5 Å². The zero-order chi connectivity index (χ0) is 17.2. The average molecular weight is 337 g/mol. The van der Waals surface area contributed by atoms with Gasteiger partial charge < -0.3 is 14.5 Å². The molecule has 7 heteroatoms. The Hall–Kier alpha value is -2.54. The van der Waals surface area contributed by atoms with E-state index >= 15 is 0 Å². The number of benzene rings is 2. The summed E-state index contributed by atoms with van der Waals surface area (Å²) in [7, 11) is 0. The van der Waals surface area contributed by atoms with E-state index in [0.29, 0.717) is 11.3 Å². The highest BCUT2D eigenvalue weighted by atomic mass is 19.4. The molecule has 1 N–H and O–H groups in total. The van der Waals surface area contributed by atoms with Gasteiger partial charge >= 0.3 is 6.18 Å². The van der Waals surface area contributed by atoms with Crippen molar-refractivity contribution in [1.82, 2.24) is 0 Å². The summed E-state index contributed by atoms with van der Waals surface area (Å²) in [5, 5.41) is 4.52. The molecule has 3 rings (SSSR count). The molecule has 0 saturated carbocycles. The number of halogens is 3. The van der Waals surface area contributed by atoms with Gasteiger partial charge in [-0.15, -0.1) is 0 Å². The number of furan rings is 1. The molecule has 0 aliphatic heterocycles. The molecule has 0 bridgehead atoms. The van der Waals surface area contributed by atoms with Gasteiger partial charge in [-0.1, -0.05) is 18.2 Å². The number of para-hydroxylation sites is 1. The van der Waals surface area contributed by atoms with Gasteiger partial charge in [-0.3, -0.25) is 4.79 Å². The van der Waals surface area contributed by atoms with Crippen LogP contribution in [0.2, 0.25) is 0 Å². The second kappa shape index (κ2) is 6.52. The molecule has 0 saturated heterocycles. The van der Waals surface area contributed by atoms with Crippen molar-refractivity contribution in [3.63, 3.8) is 0 Å². The second-order valence-corrected chi connectivity index (χ2v) is 5.28. The normalized spacial score (nSPS) is 12.0. The van der Waals surface area contributed by atoms with Crippen LogP contribution in [0.1, 0.15) is 6.42 Å². The van der Waals surface area contributed by atoms with E-state index in [1.165, 1.54) is 0 Å². The summed E-state index contributed by atoms with van der Waals surface area (Å²) < 4.78 is 45.9. The summed E-state index contributed by atoms with van der Waals surface area (Å²) in [4.78, 5) is 11.7. The van der Waals surface area contributed by atoms with E-state index in [0.717, 1.165) is 16.4 Å². The van der Waals surface area contributed by atoms with E-state index in [1.807, 2.05) is 30.3 Å². The Kier molecular flexibility index (Phi) is 4.44. The highest BCUT2D eigenvalue weighted by Crippen LogP contribution is 2.30. The molecule has 0 unspecified atom stereocenters. The van der Waals surface area contributed by atoms with E-state index in [2.05, 4.69) is 10.1 Å². The van der Waals surface area contributed by atoms with Crippen LogP contribution in [-0.4, -0.2) is 25.3 Å². The van der Waals surface area contributed by atoms with Crippen molar-refractivity contribution < 1.29 is 27.1 Å². The van der Waals surface area contributed by atoms with Gasteiger partial charge in [0.15, 0.2) is 0 Å². The van der Waals surface area contributed by atoms with Crippen LogP contribution in [0.4, 0.5) is 18.9 Å². The largest absolute Gasteiger partial charge is 0.456 e. The fourth-order valence-electron chi connectivity index (χ4n) is 2.38. The molecule has 3 aromatic rings. The Morgan fingerprint density at radius 1 is 1.08 bits per heavy atom. The summed E-state index contributed by atoms with van der Waals surface area (Å²) >= 11 is 0. The minimum atomic E-state index is -4.39. The number of hydrogen-bond acceptors (Lipinski definition) is 3. The van der Waals surface area contributed by atoms with Crippen molar-refractivity contribution in [2.24, 2.45) is 0 Å². The number of carbonyl (C=O) groups is 1. The third kappa shape index (κ3) is 3.86. The van der Waals surface area contributed by atoms with Crippen molar-refractivity contribution in [3.05, 3.63) is 42.5 Å². The number of alkyl halides is 3. The number of hydrogen-bond donors (Lipinski definition) is 1. The number of anilines is 1. The number of fused-ring (bicyclic) bond motifs is 3. The third-order valence-electron chi connectivity index (χ3n) is 3.40. The average Bonchev–Trinajstić information content (AvgIpc) is 2.88. The van der Waals surface area contributed by atoms with Crippen molar-refractivity contribution in [1.29, 1.82) is 0 Å². The van der Waals surface area contributed by atoms with E-state index in [9.17, 15) is 18.0 Å². The van der Waals surface area contributed by atoms with Crippen LogP contribution >= 0.6 is 0 Å². The quantitative estimate of drug-likeness (QED) is 0.698. The first-order valence-corrected chi connectivity index (χ1v) is 7.28. The maximum atomic E-state index is 11.9. The van der Waals surface area contributed by atoms with Gasteiger partial charge in [-0.25, -0.2) is 0 Å². The Morgan fingerprint density at radius 2 is 1.83 bits per heavy atom. The fourth-order valence-corrected chi connectivity index (χ4v) is 2.38. The molecule has 1 amide bonds. The molecule has 0 aliphatic rings. The first-order valence-electron chi connectivity index (χ1n) is 7.28. The van der Waals surface area contributed by atoms with Gasteiger partial charge in [0.2, 0.25) is 5.91 Å². The van der Waals surface area contributed by atoms with Crippen molar-refractivity contribution in [3.8, 4) is 0 Å². The Bertz CT molecular complexity index is 870. The first kappa shape index (κ1) is 16.3. The first-order chi connectivity index (χ1) is 11.4. The fraction of sp³-hybridized carbons (Fsp3) is 0.235. The minimum Gasteiger partial charge on any atom is -0.456 e. The molecule has 0 radical (unpaired) electrons. The van der Waals surface area contributed by atoms with Crippen LogP contribution in [0.5, 0.6) is 0 Å². The second-order valence-electron chi connectivity index (χ2n) is 5.28. The zero-order valence-corrected chi connectivity index (χ0v) is 12.5. The van der Waals surface area contributed by atoms with Crippen LogP contribution in [0.3, 0.4) is 0 Å². The minimum absolute atomic E-state index is 0.158. The molecule has 1 aromatic heterocycles. The van der Waals surface area contributed by atoms with Gasteiger partial charge in [0.05, 0.1) is 13.0 Å². The highest BCUT2D eigenvalue weighted by Gasteiger charge is 2.27. The number of ether oxygens (including phenoxy) is 1. The summed E-state index contributed by atoms with van der Waals surface area (Å²) in [5.41, 5.74) is 1.89. The predicted molar refractivity (Wildman–Crippen MR) is 83.8 cm³/mol. The molecular formula is C17H14F3NO3. The van der Waals surface area contributed by atoms with Crippen molar-refractivity contribution >= 4 is 33.5 Å². The van der Waals surface area contributed by atoms with Crippen LogP contribution in [-0.2, 0) is 9.53 Å². The van der Waals surface area contributed by atoms with Crippen molar-refractivity contribution in [2.45, 2.75) is 12.6 Å². The molecule has 4 nitrogen and oxygen atoms in total. The molecule has 0 spiro atoms. The number of carbonyl (C=O) groups excluding carboxylic acids is 1. The molecule has 0 atom stereocenters. The maximum Gasteiger partial charge on any atom is 0.411 e. The monoisotopic (exact) mass is 337 g/mol. The summed E-state index contributed by atoms with van der Waals surface area (Å²) in [6.45, 7) is -1.65. The number of rotatable bonds is 5. The standard InChI is InChI=1S/C17H14F3NO3/c18-17(19,20)10-23-8-7-16(22)21-11-5-6-13-12-3-1-2-4-14(12)24-15(13)9-11/h1-6,9H,7-8,10H2,(H,21,22). The maximum absolute atomic E-state index is 11.9. The Morgan fingerprint density at radius 3 is 2.62 bits per heavy atom. The lowest BCUT2D eigenvalue weighted by atomic mass is 10.1. The predicted octanol–water partition coefficient (Wildman–Crippen LogP) is 4.49. The van der Waals surface area contributed by atoms with Gasteiger partial charge in [0.1, 0.15) is 17.8 Å². The molecule has 0 aliphatic carbocycles. The SMILES string of the molecule is O=C(CCOCC(F)(F)F)Nc1ccc2c(c1)oc1ccccc12. The van der Waals surface area contributed by atoms with Gasteiger partial charge in [-0.05, 0) is 18.2 Å². The smallest absolute Gasteiger partial charge is 0.411 e. The third-order valence-corrected chi connectivity index (χ3v) is 3.40. The summed E-state index contributed by atoms with van der Waals surface area (Å²) in [6.07, 6.45) is -4.54. The molecule has 24 heavy (non-hydrogen) atoms. The molecular weight excluding hydrogens is 323 g/mol. The number of nitrogens with one attached hydrogen (secondary N) is 1. The lowest BCUT2D eigenvalue weighted by Gasteiger charge is -2.08. The van der Waals surface area contributed by atoms with E-state index in [4.69, 9.17) is 4.42 Å². The lowest BCUT2D eigenvalue weighted by Crippen LogP contribution is -2.20. The van der Waals surface area contributed by atoms with Gasteiger partial charge in [-0.2, -0.15) is 13.2 Å². The van der Waals surface area contributed by atoms with E-state index < -0.39 is 18.7 Å². The van der Waals surface area contributed by atoms with Gasteiger partial charge in [0.25, 0.3) is 0 Å². The van der Waals surface area contributed by atoms with Crippen LogP contribution in [0, 0.1) is 0 Å². The Balaban J connectivity index is 1.63. The van der Waals surface area contributed by atoms with Crippen LogP contribution < -0.4 is 5.32 Å². The van der Waals surface area contributed by atoms with Crippen molar-refractivity contribution in [2.75, 3.05) is 18.5 Å². The van der Waals surface area contributed by atoms with E-state index in [-0.39, 0.29) is 13.0 Å². The summed E-state index contributed by atoms with van der Waals surface area (Å²) in [6, 6.07) is 12.8. The molecule has 1 heterocycles. The van der Waals surface area contributed by atoms with E-state index in [1.54, 1.807) is 12.1 Å². The number of amides is 1. The van der Waals surface area contributed by atoms with Crippen LogP contribution in [0.15, 0.2) is 46.9 Å². The highest BCUT2D eigenvalue weighted by molar-refractivity contribution is 6.06. The molecule has 2 aromatic carbocycles. The Labute approximate surface area is 135 Å². The van der Waals surface area contributed by atoms with Gasteiger partial charge in [0, 0.05) is 22.5 Å². The van der Waals surface area contributed by atoms with Crippen LogP contribution in [0.25, 0.3) is 21.9 Å². The lowest BCUT2D eigenvalue weighted by molar-refractivity contribution is -0.174. The zero-order valence-electron chi connectivity index (χ0n) is 12.5.